The van der Waals surface area contributed by atoms with Crippen LogP contribution in [-0.2, 0) is 0 Å². The van der Waals surface area contributed by atoms with E-state index in [2.05, 4.69) is 5.16 Å². The highest BCUT2D eigenvalue weighted by Gasteiger charge is 2.10. The second-order valence-electron chi connectivity index (χ2n) is 3.30. The van der Waals surface area contributed by atoms with Gasteiger partial charge in [-0.3, -0.25) is 0 Å². The van der Waals surface area contributed by atoms with E-state index < -0.39 is 6.10 Å². The first-order valence-electron chi connectivity index (χ1n) is 4.57. The lowest BCUT2D eigenvalue weighted by molar-refractivity contribution is 0.158. The van der Waals surface area contributed by atoms with Crippen LogP contribution in [0.15, 0.2) is 34.9 Å². The molecule has 0 aliphatic carbocycles. The van der Waals surface area contributed by atoms with E-state index in [1.807, 2.05) is 0 Å². The summed E-state index contributed by atoms with van der Waals surface area (Å²) in [6.45, 7) is 1.58. The average molecular weight is 207 g/mol. The summed E-state index contributed by atoms with van der Waals surface area (Å²) in [7, 11) is 0. The first-order valence-corrected chi connectivity index (χ1v) is 4.57. The second kappa shape index (κ2) is 3.82. The molecule has 15 heavy (non-hydrogen) atoms. The minimum atomic E-state index is -0.709. The number of rotatable bonds is 2. The third kappa shape index (κ3) is 2.05. The molecule has 1 aromatic heterocycles. The van der Waals surface area contributed by atoms with Gasteiger partial charge < -0.3 is 9.63 Å². The lowest BCUT2D eigenvalue weighted by atomic mass is 10.1. The van der Waals surface area contributed by atoms with E-state index in [0.717, 1.165) is 0 Å². The topological polar surface area (TPSA) is 46.3 Å². The Hall–Kier alpha value is -1.68. The fourth-order valence-electron chi connectivity index (χ4n) is 1.27. The first-order chi connectivity index (χ1) is 7.16. The molecule has 3 nitrogen and oxygen atoms in total. The van der Waals surface area contributed by atoms with Crippen LogP contribution < -0.4 is 0 Å². The highest BCUT2D eigenvalue weighted by Crippen LogP contribution is 2.22. The molecule has 0 spiro atoms. The number of aliphatic hydroxyl groups is 1. The molecule has 4 heteroatoms. The summed E-state index contributed by atoms with van der Waals surface area (Å²) in [5.41, 5.74) is 1.15. The average Bonchev–Trinajstić information content (AvgIpc) is 2.66. The molecular formula is C11H10FNO2. The van der Waals surface area contributed by atoms with Crippen molar-refractivity contribution in [2.24, 2.45) is 0 Å². The van der Waals surface area contributed by atoms with E-state index in [1.165, 1.54) is 12.1 Å². The number of hydrogen-bond donors (Lipinski definition) is 1. The highest BCUT2D eigenvalue weighted by molar-refractivity contribution is 5.58. The summed E-state index contributed by atoms with van der Waals surface area (Å²) < 4.78 is 17.8. The molecule has 0 saturated carbocycles. The van der Waals surface area contributed by atoms with Crippen LogP contribution in [0, 0.1) is 5.82 Å². The Labute approximate surface area is 86.1 Å². The van der Waals surface area contributed by atoms with Gasteiger partial charge in [-0.25, -0.2) is 4.39 Å². The van der Waals surface area contributed by atoms with Crippen molar-refractivity contribution in [1.29, 1.82) is 0 Å². The van der Waals surface area contributed by atoms with Gasteiger partial charge in [-0.1, -0.05) is 17.3 Å². The quantitative estimate of drug-likeness (QED) is 0.823. The molecule has 1 aromatic carbocycles. The Morgan fingerprint density at radius 3 is 2.80 bits per heavy atom. The molecule has 78 valence electrons. The van der Waals surface area contributed by atoms with E-state index in [4.69, 9.17) is 4.52 Å². The van der Waals surface area contributed by atoms with Gasteiger partial charge >= 0.3 is 0 Å². The van der Waals surface area contributed by atoms with Crippen LogP contribution in [0.5, 0.6) is 0 Å². The molecule has 0 saturated heterocycles. The van der Waals surface area contributed by atoms with Crippen LogP contribution in [0.3, 0.4) is 0 Å². The maximum Gasteiger partial charge on any atom is 0.165 e. The molecular weight excluding hydrogens is 197 g/mol. The van der Waals surface area contributed by atoms with Gasteiger partial charge in [0.05, 0.1) is 0 Å². The molecule has 1 N–H and O–H groups in total. The van der Waals surface area contributed by atoms with Gasteiger partial charge in [-0.15, -0.1) is 0 Å². The summed E-state index contributed by atoms with van der Waals surface area (Å²) in [6.07, 6.45) is -0.709. The summed E-state index contributed by atoms with van der Waals surface area (Å²) in [6, 6.07) is 7.65. The highest BCUT2D eigenvalue weighted by atomic mass is 19.1. The van der Waals surface area contributed by atoms with Crippen molar-refractivity contribution in [2.75, 3.05) is 0 Å². The van der Waals surface area contributed by atoms with E-state index in [9.17, 15) is 9.50 Å². The van der Waals surface area contributed by atoms with E-state index >= 15 is 0 Å². The molecule has 1 atom stereocenters. The van der Waals surface area contributed by atoms with Gasteiger partial charge in [-0.05, 0) is 19.1 Å². The minimum absolute atomic E-state index is 0.325. The fourth-order valence-corrected chi connectivity index (χ4v) is 1.27. The molecule has 0 unspecified atom stereocenters. The lowest BCUT2D eigenvalue weighted by Gasteiger charge is -1.94. The molecule has 0 amide bonds. The molecule has 0 aliphatic rings. The van der Waals surface area contributed by atoms with Crippen molar-refractivity contribution >= 4 is 0 Å². The Kier molecular flexibility index (Phi) is 2.51. The molecule has 0 radical (unpaired) electrons. The number of nitrogens with zero attached hydrogens (tertiary/aromatic N) is 1. The zero-order valence-electron chi connectivity index (χ0n) is 8.14. The molecule has 0 fully saturated rings. The summed E-state index contributed by atoms with van der Waals surface area (Å²) in [4.78, 5) is 0. The second-order valence-corrected chi connectivity index (χ2v) is 3.30. The number of benzene rings is 1. The van der Waals surface area contributed by atoms with Crippen molar-refractivity contribution in [2.45, 2.75) is 13.0 Å². The molecule has 1 heterocycles. The van der Waals surface area contributed by atoms with Gasteiger partial charge in [0, 0.05) is 11.6 Å². The zero-order valence-corrected chi connectivity index (χ0v) is 8.14. The van der Waals surface area contributed by atoms with Crippen molar-refractivity contribution in [3.05, 3.63) is 41.9 Å². The van der Waals surface area contributed by atoms with Gasteiger partial charge in [0.1, 0.15) is 17.6 Å². The monoisotopic (exact) mass is 207 g/mol. The van der Waals surface area contributed by atoms with Crippen molar-refractivity contribution in [3.8, 4) is 11.3 Å². The summed E-state index contributed by atoms with van der Waals surface area (Å²) in [5, 5.41) is 13.0. The standard InChI is InChI=1S/C11H10FNO2/c1-7(14)11-6-10(13-15-11)8-3-2-4-9(12)5-8/h2-7,14H,1H3/t7-/m1/s1. The minimum Gasteiger partial charge on any atom is -0.385 e. The van der Waals surface area contributed by atoms with Crippen LogP contribution in [0.25, 0.3) is 11.3 Å². The molecule has 2 aromatic rings. The van der Waals surface area contributed by atoms with Crippen LogP contribution in [0.2, 0.25) is 0 Å². The lowest BCUT2D eigenvalue weighted by Crippen LogP contribution is -1.85. The van der Waals surface area contributed by atoms with Crippen LogP contribution in [-0.4, -0.2) is 10.3 Å². The molecule has 0 bridgehead atoms. The van der Waals surface area contributed by atoms with Crippen molar-refractivity contribution in [1.82, 2.24) is 5.16 Å². The number of aliphatic hydroxyl groups excluding tert-OH is 1. The third-order valence-corrected chi connectivity index (χ3v) is 2.06. The fraction of sp³-hybridized carbons (Fsp3) is 0.182. The van der Waals surface area contributed by atoms with Crippen molar-refractivity contribution < 1.29 is 14.0 Å². The number of hydrogen-bond acceptors (Lipinski definition) is 3. The Morgan fingerprint density at radius 2 is 2.20 bits per heavy atom. The summed E-state index contributed by atoms with van der Waals surface area (Å²) >= 11 is 0. The van der Waals surface area contributed by atoms with E-state index in [0.29, 0.717) is 17.0 Å². The predicted molar refractivity (Wildman–Crippen MR) is 52.5 cm³/mol. The van der Waals surface area contributed by atoms with Crippen LogP contribution in [0.1, 0.15) is 18.8 Å². The third-order valence-electron chi connectivity index (χ3n) is 2.06. The number of aromatic nitrogens is 1. The Morgan fingerprint density at radius 1 is 1.40 bits per heavy atom. The maximum atomic E-state index is 12.9. The van der Waals surface area contributed by atoms with E-state index in [1.54, 1.807) is 25.1 Å². The maximum absolute atomic E-state index is 12.9. The first kappa shape index (κ1) is 9.86. The SMILES string of the molecule is C[C@@H](O)c1cc(-c2cccc(F)c2)no1. The van der Waals surface area contributed by atoms with Crippen LogP contribution in [0.4, 0.5) is 4.39 Å². The normalized spacial score (nSPS) is 12.7. The van der Waals surface area contributed by atoms with E-state index in [-0.39, 0.29) is 5.82 Å². The largest absolute Gasteiger partial charge is 0.385 e. The van der Waals surface area contributed by atoms with Gasteiger partial charge in [0.25, 0.3) is 0 Å². The zero-order chi connectivity index (χ0) is 10.8. The van der Waals surface area contributed by atoms with Crippen molar-refractivity contribution in [3.63, 3.8) is 0 Å². The Balaban J connectivity index is 2.37. The van der Waals surface area contributed by atoms with Crippen LogP contribution >= 0.6 is 0 Å². The molecule has 0 aliphatic heterocycles. The number of halogens is 1. The Bertz CT molecular complexity index is 465. The van der Waals surface area contributed by atoms with Gasteiger partial charge in [0.2, 0.25) is 0 Å². The van der Waals surface area contributed by atoms with Gasteiger partial charge in [0.15, 0.2) is 5.76 Å². The summed E-state index contributed by atoms with van der Waals surface area (Å²) in [5.74, 6) is 0.0448. The van der Waals surface area contributed by atoms with Gasteiger partial charge in [-0.2, -0.15) is 0 Å². The predicted octanol–water partition coefficient (Wildman–Crippen LogP) is 2.53. The smallest absolute Gasteiger partial charge is 0.165 e. The molecule has 2 rings (SSSR count).